The van der Waals surface area contributed by atoms with Gasteiger partial charge in [0.2, 0.25) is 12.7 Å². The number of amides is 1. The molecule has 0 radical (unpaired) electrons. The summed E-state index contributed by atoms with van der Waals surface area (Å²) in [6.45, 7) is 3.01. The molecule has 12 nitrogen and oxygen atoms in total. The van der Waals surface area contributed by atoms with Crippen LogP contribution in [0, 0.1) is 11.3 Å². The topological polar surface area (TPSA) is 162 Å². The van der Waals surface area contributed by atoms with Gasteiger partial charge in [-0.25, -0.2) is 9.59 Å². The van der Waals surface area contributed by atoms with E-state index < -0.39 is 47.5 Å². The second-order valence-electron chi connectivity index (χ2n) is 8.36. The Balaban J connectivity index is 1.60. The fourth-order valence-corrected chi connectivity index (χ4v) is 4.46. The molecule has 2 aliphatic rings. The maximum Gasteiger partial charge on any atom is 0.508 e. The molecule has 1 aromatic rings. The van der Waals surface area contributed by atoms with Crippen molar-refractivity contribution in [3.05, 3.63) is 52.7 Å². The number of aldehydes is 1. The highest BCUT2D eigenvalue weighted by Crippen LogP contribution is 2.44. The smallest absolute Gasteiger partial charge is 0.433 e. The third kappa shape index (κ3) is 5.64. The Morgan fingerprint density at radius 2 is 1.83 bits per heavy atom. The SMILES string of the molecule is CC1=C(C(=O)OCOC(=O)C(C)(C)C=O)N2C(=O)[C@H](COC(=O)OCc3ccccc3)[C@@H]2SC1=[N+]=[N-]. The molecule has 2 atom stereocenters. The van der Waals surface area contributed by atoms with Crippen LogP contribution < -0.4 is 0 Å². The molecule has 2 heterocycles. The van der Waals surface area contributed by atoms with Crippen molar-refractivity contribution in [3.63, 3.8) is 0 Å². The van der Waals surface area contributed by atoms with E-state index in [0.717, 1.165) is 22.2 Å². The number of carbonyl (C=O) groups is 5. The van der Waals surface area contributed by atoms with E-state index in [1.165, 1.54) is 20.8 Å². The Morgan fingerprint density at radius 1 is 1.14 bits per heavy atom. The van der Waals surface area contributed by atoms with Gasteiger partial charge in [-0.05, 0) is 38.1 Å². The number of thioether (sulfide) groups is 1. The second-order valence-corrected chi connectivity index (χ2v) is 9.46. The number of carbonyl (C=O) groups excluding carboxylic acids is 5. The van der Waals surface area contributed by atoms with Crippen molar-refractivity contribution in [3.8, 4) is 0 Å². The van der Waals surface area contributed by atoms with Gasteiger partial charge in [-0.15, -0.1) is 0 Å². The van der Waals surface area contributed by atoms with Crippen molar-refractivity contribution in [2.45, 2.75) is 32.8 Å². The maximum absolute atomic E-state index is 12.8. The third-order valence-electron chi connectivity index (χ3n) is 5.37. The van der Waals surface area contributed by atoms with Gasteiger partial charge < -0.3 is 29.3 Å². The number of benzene rings is 1. The van der Waals surface area contributed by atoms with Crippen LogP contribution in [0.4, 0.5) is 4.79 Å². The van der Waals surface area contributed by atoms with E-state index in [0.29, 0.717) is 6.29 Å². The highest BCUT2D eigenvalue weighted by atomic mass is 32.2. The first-order valence-corrected chi connectivity index (χ1v) is 11.6. The average Bonchev–Trinajstić information content (AvgIpc) is 2.87. The monoisotopic (exact) mass is 517 g/mol. The van der Waals surface area contributed by atoms with Crippen LogP contribution in [0.3, 0.4) is 0 Å². The summed E-state index contributed by atoms with van der Waals surface area (Å²) in [5.74, 6) is -3.27. The zero-order valence-electron chi connectivity index (χ0n) is 19.7. The summed E-state index contributed by atoms with van der Waals surface area (Å²) < 4.78 is 19.9. The van der Waals surface area contributed by atoms with E-state index in [4.69, 9.17) is 18.9 Å². The average molecular weight is 518 g/mol. The van der Waals surface area contributed by atoms with Gasteiger partial charge in [0.05, 0.1) is 5.57 Å². The normalized spacial score (nSPS) is 18.9. The molecule has 190 valence electrons. The molecule has 3 rings (SSSR count). The molecule has 1 amide bonds. The summed E-state index contributed by atoms with van der Waals surface area (Å²) >= 11 is 1.00. The highest BCUT2D eigenvalue weighted by Gasteiger charge is 2.57. The van der Waals surface area contributed by atoms with Crippen LogP contribution in [0.25, 0.3) is 5.53 Å². The lowest BCUT2D eigenvalue weighted by Crippen LogP contribution is -2.63. The summed E-state index contributed by atoms with van der Waals surface area (Å²) in [7, 11) is 0. The summed E-state index contributed by atoms with van der Waals surface area (Å²) in [6.07, 6.45) is -0.566. The Kier molecular flexibility index (Phi) is 8.28. The lowest BCUT2D eigenvalue weighted by molar-refractivity contribution is -0.174. The standard InChI is InChI=1S/C23H23N3O9S/c1-13-16(20(29)34-12-35-21(30)23(2,3)11-27)26-18(28)15(19(26)36-17(13)25-24)10-33-22(31)32-9-14-7-5-4-6-8-14/h4-8,11,15,19H,9-10,12H2,1-3H3/t15-,19-/m0/s1. The number of fused-ring (bicyclic) bond motifs is 1. The molecule has 0 unspecified atom stereocenters. The molecule has 0 N–H and O–H groups in total. The summed E-state index contributed by atoms with van der Waals surface area (Å²) in [6, 6.07) is 8.95. The molecular formula is C23H23N3O9S. The molecule has 0 aromatic heterocycles. The summed E-state index contributed by atoms with van der Waals surface area (Å²) in [5, 5.41) is -0.653. The van der Waals surface area contributed by atoms with Crippen LogP contribution in [0.15, 0.2) is 41.6 Å². The molecule has 0 bridgehead atoms. The number of esters is 2. The molecule has 1 fully saturated rings. The number of rotatable bonds is 9. The minimum absolute atomic E-state index is 0.00354. The van der Waals surface area contributed by atoms with Crippen molar-refractivity contribution < 1.29 is 47.7 Å². The van der Waals surface area contributed by atoms with Crippen molar-refractivity contribution >= 4 is 47.1 Å². The van der Waals surface area contributed by atoms with Crippen molar-refractivity contribution in [2.75, 3.05) is 13.4 Å². The molecule has 2 aliphatic heterocycles. The van der Waals surface area contributed by atoms with Gasteiger partial charge in [-0.1, -0.05) is 30.3 Å². The molecule has 1 saturated heterocycles. The predicted octanol–water partition coefficient (Wildman–Crippen LogP) is 2.04. The summed E-state index contributed by atoms with van der Waals surface area (Å²) in [4.78, 5) is 64.6. The van der Waals surface area contributed by atoms with Crippen LogP contribution in [0.2, 0.25) is 0 Å². The number of nitrogens with zero attached hydrogens (tertiary/aromatic N) is 3. The Hall–Kier alpha value is -3.96. The number of hydrogen-bond acceptors (Lipinski definition) is 10. The van der Waals surface area contributed by atoms with Gasteiger partial charge in [-0.2, -0.15) is 4.79 Å². The van der Waals surface area contributed by atoms with Crippen LogP contribution in [0.5, 0.6) is 0 Å². The number of hydrogen-bond donors (Lipinski definition) is 0. The zero-order chi connectivity index (χ0) is 26.5. The minimum atomic E-state index is -1.42. The van der Waals surface area contributed by atoms with Crippen LogP contribution in [-0.2, 0) is 44.7 Å². The summed E-state index contributed by atoms with van der Waals surface area (Å²) in [5.41, 5.74) is 8.67. The van der Waals surface area contributed by atoms with Gasteiger partial charge >= 0.3 is 23.1 Å². The lowest BCUT2D eigenvalue weighted by Gasteiger charge is -2.47. The van der Waals surface area contributed by atoms with E-state index in [9.17, 15) is 29.5 Å². The van der Waals surface area contributed by atoms with Crippen molar-refractivity contribution in [2.24, 2.45) is 11.3 Å². The highest BCUT2D eigenvalue weighted by molar-refractivity contribution is 8.14. The molecule has 0 saturated carbocycles. The van der Waals surface area contributed by atoms with Crippen LogP contribution in [0.1, 0.15) is 26.3 Å². The molecule has 1 aromatic carbocycles. The quantitative estimate of drug-likeness (QED) is 0.0901. The Morgan fingerprint density at radius 3 is 2.47 bits per heavy atom. The van der Waals surface area contributed by atoms with Gasteiger partial charge in [0.25, 0.3) is 0 Å². The molecule has 13 heteroatoms. The predicted molar refractivity (Wildman–Crippen MR) is 123 cm³/mol. The third-order valence-corrected chi connectivity index (χ3v) is 6.76. The largest absolute Gasteiger partial charge is 0.508 e. The first-order chi connectivity index (χ1) is 17.1. The molecule has 0 aliphatic carbocycles. The van der Waals surface area contributed by atoms with E-state index in [1.54, 1.807) is 24.3 Å². The van der Waals surface area contributed by atoms with Crippen molar-refractivity contribution in [1.29, 1.82) is 0 Å². The first kappa shape index (κ1) is 26.6. The van der Waals surface area contributed by atoms with E-state index in [1.807, 2.05) is 6.07 Å². The fourth-order valence-electron chi connectivity index (χ4n) is 3.24. The van der Waals surface area contributed by atoms with Gasteiger partial charge in [0, 0.05) is 0 Å². The molecule has 0 spiro atoms. The van der Waals surface area contributed by atoms with Gasteiger partial charge in [0.1, 0.15) is 41.9 Å². The zero-order valence-corrected chi connectivity index (χ0v) is 20.5. The molecule has 36 heavy (non-hydrogen) atoms. The Labute approximate surface area is 210 Å². The van der Waals surface area contributed by atoms with Crippen LogP contribution >= 0.6 is 11.8 Å². The number of ether oxygens (including phenoxy) is 4. The molecular weight excluding hydrogens is 494 g/mol. The maximum atomic E-state index is 12.8. The van der Waals surface area contributed by atoms with Gasteiger partial charge in [-0.3, -0.25) is 14.5 Å². The Bertz CT molecular complexity index is 1160. The lowest BCUT2D eigenvalue weighted by atomic mass is 9.96. The first-order valence-electron chi connectivity index (χ1n) is 10.7. The number of β-lactam (4-membered cyclic amide) rings is 1. The van der Waals surface area contributed by atoms with E-state index in [2.05, 4.69) is 4.79 Å². The van der Waals surface area contributed by atoms with Crippen LogP contribution in [-0.4, -0.2) is 63.8 Å². The second kappa shape index (κ2) is 11.2. The van der Waals surface area contributed by atoms with E-state index in [-0.39, 0.29) is 29.5 Å². The van der Waals surface area contributed by atoms with Gasteiger partial charge in [0.15, 0.2) is 0 Å². The fraction of sp³-hybridized carbons (Fsp3) is 0.391. The van der Waals surface area contributed by atoms with Crippen molar-refractivity contribution in [1.82, 2.24) is 4.90 Å². The van der Waals surface area contributed by atoms with E-state index >= 15 is 0 Å². The minimum Gasteiger partial charge on any atom is -0.433 e.